The molecule has 0 N–H and O–H groups in total. The number of aliphatic imine (C=N–C) groups is 1. The molecule has 0 spiro atoms. The summed E-state index contributed by atoms with van der Waals surface area (Å²) in [7, 11) is 2.03. The molecule has 0 unspecified atom stereocenters. The Morgan fingerprint density at radius 3 is 1.58 bits per heavy atom. The summed E-state index contributed by atoms with van der Waals surface area (Å²) in [6, 6.07) is 39.6. The molecule has 31 heavy (non-hydrogen) atoms. The van der Waals surface area contributed by atoms with Gasteiger partial charge in [-0.15, -0.1) is 0 Å². The number of imidazole rings is 1. The first kappa shape index (κ1) is 19.0. The van der Waals surface area contributed by atoms with E-state index < -0.39 is 5.54 Å². The van der Waals surface area contributed by atoms with Crippen molar-refractivity contribution in [2.75, 3.05) is 0 Å². The van der Waals surface area contributed by atoms with Crippen molar-refractivity contribution < 1.29 is 0 Å². The lowest BCUT2D eigenvalue weighted by atomic mass is 9.77. The lowest BCUT2D eigenvalue weighted by Gasteiger charge is -2.32. The second kappa shape index (κ2) is 8.04. The predicted octanol–water partition coefficient (Wildman–Crippen LogP) is 5.98. The number of hydrogen-bond acceptors (Lipinski definition) is 2. The van der Waals surface area contributed by atoms with Crippen LogP contribution in [0.15, 0.2) is 120 Å². The third-order valence-corrected chi connectivity index (χ3v) is 5.77. The minimum atomic E-state index is -0.679. The third kappa shape index (κ3) is 3.34. The Bertz CT molecular complexity index is 1220. The van der Waals surface area contributed by atoms with Gasteiger partial charge in [0.05, 0.1) is 17.2 Å². The van der Waals surface area contributed by atoms with Crippen molar-refractivity contribution in [2.24, 2.45) is 12.0 Å². The van der Waals surface area contributed by atoms with Crippen molar-refractivity contribution in [3.8, 4) is 0 Å². The van der Waals surface area contributed by atoms with E-state index in [0.717, 1.165) is 33.5 Å². The fraction of sp³-hybridized carbons (Fsp3) is 0.0714. The largest absolute Gasteiger partial charge is 0.326 e. The van der Waals surface area contributed by atoms with Gasteiger partial charge in [0.2, 0.25) is 0 Å². The van der Waals surface area contributed by atoms with Gasteiger partial charge in [-0.3, -0.25) is 4.99 Å². The molecule has 5 rings (SSSR count). The first-order chi connectivity index (χ1) is 15.3. The van der Waals surface area contributed by atoms with Gasteiger partial charge in [0.15, 0.2) is 5.82 Å². The molecule has 1 heterocycles. The molecule has 0 radical (unpaired) electrons. The zero-order valence-electron chi connectivity index (χ0n) is 17.4. The Hall–Kier alpha value is -3.98. The molecule has 0 aliphatic rings. The van der Waals surface area contributed by atoms with Crippen LogP contribution in [-0.2, 0) is 12.6 Å². The molecule has 0 bridgehead atoms. The van der Waals surface area contributed by atoms with Crippen LogP contribution in [0.5, 0.6) is 0 Å². The molecule has 3 nitrogen and oxygen atoms in total. The summed E-state index contributed by atoms with van der Waals surface area (Å²) in [6.45, 7) is 0. The zero-order valence-corrected chi connectivity index (χ0v) is 17.4. The highest BCUT2D eigenvalue weighted by Crippen LogP contribution is 2.40. The Kier molecular flexibility index (Phi) is 4.93. The molecule has 150 valence electrons. The van der Waals surface area contributed by atoms with Crippen LogP contribution in [0.25, 0.3) is 11.0 Å². The Balaban J connectivity index is 1.77. The molecule has 0 fully saturated rings. The van der Waals surface area contributed by atoms with Crippen molar-refractivity contribution in [3.05, 3.63) is 138 Å². The lowest BCUT2D eigenvalue weighted by Crippen LogP contribution is -2.27. The lowest BCUT2D eigenvalue weighted by molar-refractivity contribution is 0.658. The Labute approximate surface area is 182 Å². The summed E-state index contributed by atoms with van der Waals surface area (Å²) < 4.78 is 2.09. The smallest absolute Gasteiger partial charge is 0.151 e. The average Bonchev–Trinajstić information content (AvgIpc) is 3.17. The second-order valence-electron chi connectivity index (χ2n) is 7.58. The van der Waals surface area contributed by atoms with Crippen molar-refractivity contribution >= 4 is 17.2 Å². The van der Waals surface area contributed by atoms with E-state index >= 15 is 0 Å². The number of aryl methyl sites for hydroxylation is 1. The quantitative estimate of drug-likeness (QED) is 0.263. The fourth-order valence-electron chi connectivity index (χ4n) is 4.20. The molecular weight excluding hydrogens is 378 g/mol. The van der Waals surface area contributed by atoms with Gasteiger partial charge in [-0.25, -0.2) is 4.98 Å². The normalized spacial score (nSPS) is 11.9. The second-order valence-corrected chi connectivity index (χ2v) is 7.58. The van der Waals surface area contributed by atoms with E-state index in [0.29, 0.717) is 0 Å². The van der Waals surface area contributed by atoms with E-state index in [4.69, 9.17) is 9.98 Å². The van der Waals surface area contributed by atoms with E-state index in [-0.39, 0.29) is 0 Å². The maximum atomic E-state index is 5.28. The SMILES string of the molecule is Cn1c(C=NC(c2ccccc2)(c2ccccc2)c2ccccc2)nc2ccccc21. The molecule has 0 atom stereocenters. The van der Waals surface area contributed by atoms with Gasteiger partial charge in [0.1, 0.15) is 5.54 Å². The first-order valence-corrected chi connectivity index (χ1v) is 10.4. The summed E-state index contributed by atoms with van der Waals surface area (Å²) in [5, 5.41) is 0. The van der Waals surface area contributed by atoms with Gasteiger partial charge in [-0.1, -0.05) is 103 Å². The maximum Gasteiger partial charge on any atom is 0.151 e. The Morgan fingerprint density at radius 2 is 1.10 bits per heavy atom. The van der Waals surface area contributed by atoms with E-state index in [2.05, 4.69) is 83.4 Å². The maximum absolute atomic E-state index is 5.28. The molecule has 0 saturated carbocycles. The van der Waals surface area contributed by atoms with Crippen LogP contribution in [0.1, 0.15) is 22.5 Å². The molecule has 4 aromatic carbocycles. The van der Waals surface area contributed by atoms with E-state index in [9.17, 15) is 0 Å². The zero-order chi connectivity index (χ0) is 21.1. The molecular formula is C28H23N3. The van der Waals surface area contributed by atoms with Crippen LogP contribution >= 0.6 is 0 Å². The topological polar surface area (TPSA) is 30.2 Å². The average molecular weight is 402 g/mol. The van der Waals surface area contributed by atoms with E-state index in [1.165, 1.54) is 0 Å². The van der Waals surface area contributed by atoms with Gasteiger partial charge >= 0.3 is 0 Å². The fourth-order valence-corrected chi connectivity index (χ4v) is 4.20. The van der Waals surface area contributed by atoms with Gasteiger partial charge in [-0.2, -0.15) is 0 Å². The minimum absolute atomic E-state index is 0.679. The number of benzene rings is 4. The molecule has 0 aliphatic carbocycles. The molecule has 1 aromatic heterocycles. The van der Waals surface area contributed by atoms with Crippen LogP contribution in [0.4, 0.5) is 0 Å². The van der Waals surface area contributed by atoms with E-state index in [1.54, 1.807) is 0 Å². The van der Waals surface area contributed by atoms with Gasteiger partial charge in [0, 0.05) is 7.05 Å². The highest BCUT2D eigenvalue weighted by Gasteiger charge is 2.35. The predicted molar refractivity (Wildman–Crippen MR) is 128 cm³/mol. The number of aromatic nitrogens is 2. The number of nitrogens with zero attached hydrogens (tertiary/aromatic N) is 3. The monoisotopic (exact) mass is 401 g/mol. The third-order valence-electron chi connectivity index (χ3n) is 5.77. The summed E-state index contributed by atoms with van der Waals surface area (Å²) in [4.78, 5) is 10.1. The van der Waals surface area contributed by atoms with E-state index in [1.807, 2.05) is 49.7 Å². The number of fused-ring (bicyclic) bond motifs is 1. The van der Waals surface area contributed by atoms with Crippen LogP contribution in [0.2, 0.25) is 0 Å². The van der Waals surface area contributed by atoms with Gasteiger partial charge in [0.25, 0.3) is 0 Å². The molecule has 0 amide bonds. The number of rotatable bonds is 5. The van der Waals surface area contributed by atoms with Crippen molar-refractivity contribution in [1.82, 2.24) is 9.55 Å². The van der Waals surface area contributed by atoms with Crippen molar-refractivity contribution in [2.45, 2.75) is 5.54 Å². The van der Waals surface area contributed by atoms with Crippen molar-refractivity contribution in [1.29, 1.82) is 0 Å². The number of para-hydroxylation sites is 2. The standard InChI is InChI=1S/C28H23N3/c1-31-26-20-12-11-19-25(26)30-27(31)21-29-28(22-13-5-2-6-14-22,23-15-7-3-8-16-23)24-17-9-4-10-18-24/h2-21H,1H3. The van der Waals surface area contributed by atoms with Crippen LogP contribution < -0.4 is 0 Å². The van der Waals surface area contributed by atoms with Gasteiger partial charge < -0.3 is 4.57 Å². The molecule has 3 heteroatoms. The summed E-state index contributed by atoms with van der Waals surface area (Å²) >= 11 is 0. The highest BCUT2D eigenvalue weighted by molar-refractivity contribution is 5.85. The van der Waals surface area contributed by atoms with Gasteiger partial charge in [-0.05, 0) is 28.8 Å². The highest BCUT2D eigenvalue weighted by atomic mass is 15.1. The molecule has 0 saturated heterocycles. The van der Waals surface area contributed by atoms with Crippen LogP contribution in [0.3, 0.4) is 0 Å². The first-order valence-electron chi connectivity index (χ1n) is 10.4. The Morgan fingerprint density at radius 1 is 0.645 bits per heavy atom. The van der Waals surface area contributed by atoms with Crippen LogP contribution in [0, 0.1) is 0 Å². The summed E-state index contributed by atoms with van der Waals surface area (Å²) in [5.74, 6) is 0.827. The molecule has 0 aliphatic heterocycles. The summed E-state index contributed by atoms with van der Waals surface area (Å²) in [5.41, 5.74) is 4.72. The van der Waals surface area contributed by atoms with Crippen molar-refractivity contribution in [3.63, 3.8) is 0 Å². The van der Waals surface area contributed by atoms with Crippen LogP contribution in [-0.4, -0.2) is 15.8 Å². The molecule has 5 aromatic rings. The number of hydrogen-bond donors (Lipinski definition) is 0. The summed E-state index contributed by atoms with van der Waals surface area (Å²) in [6.07, 6.45) is 1.91. The minimum Gasteiger partial charge on any atom is -0.326 e.